The second kappa shape index (κ2) is 5.72. The molecule has 0 radical (unpaired) electrons. The summed E-state index contributed by atoms with van der Waals surface area (Å²) < 4.78 is 0. The van der Waals surface area contributed by atoms with E-state index in [1.807, 2.05) is 11.3 Å². The molecule has 1 aromatic heterocycles. The molecule has 1 atom stereocenters. The molecule has 2 heterocycles. The number of fused-ring (bicyclic) bond motifs is 1. The van der Waals surface area contributed by atoms with Gasteiger partial charge >= 0.3 is 0 Å². The minimum atomic E-state index is 0.244. The molecule has 1 unspecified atom stereocenters. The zero-order valence-corrected chi connectivity index (χ0v) is 12.9. The molecule has 18 heavy (non-hydrogen) atoms. The van der Waals surface area contributed by atoms with Crippen LogP contribution in [-0.2, 0) is 6.42 Å². The van der Waals surface area contributed by atoms with Crippen LogP contribution < -0.4 is 5.32 Å². The molecule has 0 saturated carbocycles. The van der Waals surface area contributed by atoms with Crippen molar-refractivity contribution in [3.05, 3.63) is 21.9 Å². The maximum absolute atomic E-state index is 3.57. The molecule has 0 saturated heterocycles. The van der Waals surface area contributed by atoms with Crippen molar-refractivity contribution >= 4 is 11.3 Å². The summed E-state index contributed by atoms with van der Waals surface area (Å²) in [6, 6.07) is 2.92. The first kappa shape index (κ1) is 14.0. The zero-order chi connectivity index (χ0) is 13.2. The normalized spacial score (nSPS) is 21.0. The third-order valence-electron chi connectivity index (χ3n) is 3.68. The molecule has 0 aromatic carbocycles. The van der Waals surface area contributed by atoms with Gasteiger partial charge in [-0.05, 0) is 70.6 Å². The van der Waals surface area contributed by atoms with Crippen LogP contribution in [-0.4, -0.2) is 30.1 Å². The molecule has 102 valence electrons. The van der Waals surface area contributed by atoms with Crippen molar-refractivity contribution in [3.63, 3.8) is 0 Å². The predicted molar refractivity (Wildman–Crippen MR) is 80.4 cm³/mol. The van der Waals surface area contributed by atoms with E-state index < -0.39 is 0 Å². The number of nitrogens with zero attached hydrogens (tertiary/aromatic N) is 1. The third kappa shape index (κ3) is 3.56. The Labute approximate surface area is 115 Å². The topological polar surface area (TPSA) is 15.3 Å². The van der Waals surface area contributed by atoms with E-state index >= 15 is 0 Å². The first-order valence-corrected chi connectivity index (χ1v) is 7.91. The van der Waals surface area contributed by atoms with Gasteiger partial charge in [0.25, 0.3) is 0 Å². The van der Waals surface area contributed by atoms with Gasteiger partial charge in [-0.1, -0.05) is 0 Å². The van der Waals surface area contributed by atoms with Crippen LogP contribution >= 0.6 is 11.3 Å². The van der Waals surface area contributed by atoms with Gasteiger partial charge in [0.2, 0.25) is 0 Å². The van der Waals surface area contributed by atoms with Gasteiger partial charge in [0.15, 0.2) is 0 Å². The summed E-state index contributed by atoms with van der Waals surface area (Å²) >= 11 is 1.92. The van der Waals surface area contributed by atoms with E-state index in [1.54, 1.807) is 10.4 Å². The van der Waals surface area contributed by atoms with E-state index in [1.165, 1.54) is 25.9 Å². The zero-order valence-electron chi connectivity index (χ0n) is 12.1. The van der Waals surface area contributed by atoms with Gasteiger partial charge in [0.05, 0.1) is 0 Å². The van der Waals surface area contributed by atoms with Crippen LogP contribution in [0.15, 0.2) is 11.4 Å². The first-order chi connectivity index (χ1) is 8.47. The fourth-order valence-electron chi connectivity index (χ4n) is 2.61. The summed E-state index contributed by atoms with van der Waals surface area (Å²) in [6.07, 6.45) is 2.48. The molecule has 1 aliphatic rings. The van der Waals surface area contributed by atoms with Crippen molar-refractivity contribution in [2.24, 2.45) is 0 Å². The quantitative estimate of drug-likeness (QED) is 0.840. The second-order valence-corrected chi connectivity index (χ2v) is 7.29. The molecule has 3 heteroatoms. The number of nitrogens with one attached hydrogen (secondary N) is 1. The Morgan fingerprint density at radius 1 is 1.44 bits per heavy atom. The Hall–Kier alpha value is -0.380. The van der Waals surface area contributed by atoms with E-state index in [-0.39, 0.29) is 5.54 Å². The minimum absolute atomic E-state index is 0.244. The highest BCUT2D eigenvalue weighted by Crippen LogP contribution is 2.32. The Bertz CT molecular complexity index is 378. The lowest BCUT2D eigenvalue weighted by atomic mass is 10.0. The maximum atomic E-state index is 3.57. The number of hydrogen-bond donors (Lipinski definition) is 1. The smallest absolute Gasteiger partial charge is 0.0331 e. The Kier molecular flexibility index (Phi) is 4.46. The number of rotatable bonds is 4. The summed E-state index contributed by atoms with van der Waals surface area (Å²) in [5, 5.41) is 5.81. The van der Waals surface area contributed by atoms with Gasteiger partial charge in [-0.15, -0.1) is 11.3 Å². The summed E-state index contributed by atoms with van der Waals surface area (Å²) in [6.45, 7) is 12.6. The molecular formula is C15H26N2S. The first-order valence-electron chi connectivity index (χ1n) is 7.03. The SMILES string of the molecule is CC1c2ccsc2CCN1CCCNC(C)(C)C. The molecule has 0 amide bonds. The summed E-state index contributed by atoms with van der Waals surface area (Å²) in [5.74, 6) is 0. The largest absolute Gasteiger partial charge is 0.312 e. The van der Waals surface area contributed by atoms with Crippen LogP contribution in [0.5, 0.6) is 0 Å². The fraction of sp³-hybridized carbons (Fsp3) is 0.733. The molecular weight excluding hydrogens is 240 g/mol. The van der Waals surface area contributed by atoms with Gasteiger partial charge in [-0.3, -0.25) is 4.90 Å². The van der Waals surface area contributed by atoms with Crippen LogP contribution in [0, 0.1) is 0 Å². The van der Waals surface area contributed by atoms with Crippen molar-refractivity contribution in [2.45, 2.75) is 52.1 Å². The van der Waals surface area contributed by atoms with E-state index in [0.29, 0.717) is 6.04 Å². The van der Waals surface area contributed by atoms with Crippen molar-refractivity contribution < 1.29 is 0 Å². The second-order valence-electron chi connectivity index (χ2n) is 6.29. The summed E-state index contributed by atoms with van der Waals surface area (Å²) in [5.41, 5.74) is 1.81. The molecule has 0 bridgehead atoms. The van der Waals surface area contributed by atoms with Crippen LogP contribution in [0.25, 0.3) is 0 Å². The molecule has 2 rings (SSSR count). The minimum Gasteiger partial charge on any atom is -0.312 e. The van der Waals surface area contributed by atoms with Crippen LogP contribution in [0.2, 0.25) is 0 Å². The highest BCUT2D eigenvalue weighted by atomic mass is 32.1. The summed E-state index contributed by atoms with van der Waals surface area (Å²) in [7, 11) is 0. The van der Waals surface area contributed by atoms with Gasteiger partial charge < -0.3 is 5.32 Å². The molecule has 2 nitrogen and oxygen atoms in total. The van der Waals surface area contributed by atoms with Crippen molar-refractivity contribution in [2.75, 3.05) is 19.6 Å². The van der Waals surface area contributed by atoms with Crippen molar-refractivity contribution in [3.8, 4) is 0 Å². The van der Waals surface area contributed by atoms with Crippen molar-refractivity contribution in [1.82, 2.24) is 10.2 Å². The highest BCUT2D eigenvalue weighted by Gasteiger charge is 2.23. The maximum Gasteiger partial charge on any atom is 0.0331 e. The third-order valence-corrected chi connectivity index (χ3v) is 4.68. The molecule has 1 aliphatic heterocycles. The average Bonchev–Trinajstić information content (AvgIpc) is 2.74. The predicted octanol–water partition coefficient (Wildman–Crippen LogP) is 3.45. The van der Waals surface area contributed by atoms with Gasteiger partial charge in [-0.25, -0.2) is 0 Å². The molecule has 0 spiro atoms. The van der Waals surface area contributed by atoms with E-state index in [4.69, 9.17) is 0 Å². The van der Waals surface area contributed by atoms with Gasteiger partial charge in [0.1, 0.15) is 0 Å². The summed E-state index contributed by atoms with van der Waals surface area (Å²) in [4.78, 5) is 4.23. The number of hydrogen-bond acceptors (Lipinski definition) is 3. The van der Waals surface area contributed by atoms with Crippen LogP contribution in [0.3, 0.4) is 0 Å². The van der Waals surface area contributed by atoms with Gasteiger partial charge in [0, 0.05) is 23.0 Å². The lowest BCUT2D eigenvalue weighted by Gasteiger charge is -2.34. The van der Waals surface area contributed by atoms with E-state index in [0.717, 1.165) is 6.54 Å². The lowest BCUT2D eigenvalue weighted by Crippen LogP contribution is -2.39. The monoisotopic (exact) mass is 266 g/mol. The highest BCUT2D eigenvalue weighted by molar-refractivity contribution is 7.10. The molecule has 1 N–H and O–H groups in total. The fourth-order valence-corrected chi connectivity index (χ4v) is 3.58. The van der Waals surface area contributed by atoms with E-state index in [9.17, 15) is 0 Å². The van der Waals surface area contributed by atoms with E-state index in [2.05, 4.69) is 49.4 Å². The van der Waals surface area contributed by atoms with Crippen molar-refractivity contribution in [1.29, 1.82) is 0 Å². The Morgan fingerprint density at radius 2 is 2.22 bits per heavy atom. The Balaban J connectivity index is 1.78. The molecule has 0 aliphatic carbocycles. The lowest BCUT2D eigenvalue weighted by molar-refractivity contribution is 0.195. The average molecular weight is 266 g/mol. The standard InChI is InChI=1S/C15H26N2S/c1-12-13-7-11-18-14(13)6-10-17(12)9-5-8-16-15(2,3)4/h7,11-12,16H,5-6,8-10H2,1-4H3. The Morgan fingerprint density at radius 3 is 2.94 bits per heavy atom. The van der Waals surface area contributed by atoms with Gasteiger partial charge in [-0.2, -0.15) is 0 Å². The molecule has 1 aromatic rings. The molecule has 0 fully saturated rings. The van der Waals surface area contributed by atoms with Crippen LogP contribution in [0.4, 0.5) is 0 Å². The van der Waals surface area contributed by atoms with Crippen LogP contribution in [0.1, 0.15) is 50.6 Å². The number of thiophene rings is 1.